The highest BCUT2D eigenvalue weighted by Gasteiger charge is 2.54. The van der Waals surface area contributed by atoms with Crippen LogP contribution in [-0.2, 0) is 26.3 Å². The zero-order chi connectivity index (χ0) is 23.9. The average Bonchev–Trinajstić information content (AvgIpc) is 2.99. The number of benzene rings is 2. The second-order valence-electron chi connectivity index (χ2n) is 8.78. The van der Waals surface area contributed by atoms with Gasteiger partial charge in [-0.25, -0.2) is 4.79 Å². The van der Waals surface area contributed by atoms with Gasteiger partial charge in [0.25, 0.3) is 11.8 Å². The van der Waals surface area contributed by atoms with Gasteiger partial charge in [-0.05, 0) is 48.9 Å². The number of carbonyl (C=O) groups is 4. The summed E-state index contributed by atoms with van der Waals surface area (Å²) in [6.07, 6.45) is 2.13. The van der Waals surface area contributed by atoms with Crippen LogP contribution in [0, 0.1) is 0 Å². The van der Waals surface area contributed by atoms with Crippen molar-refractivity contribution in [3.05, 3.63) is 59.7 Å². The Labute approximate surface area is 197 Å². The molecule has 0 radical (unpaired) electrons. The van der Waals surface area contributed by atoms with Crippen LogP contribution in [-0.4, -0.2) is 54.9 Å². The second-order valence-corrected chi connectivity index (χ2v) is 8.78. The van der Waals surface area contributed by atoms with Crippen LogP contribution in [0.1, 0.15) is 30.4 Å². The molecule has 0 aromatic heterocycles. The van der Waals surface area contributed by atoms with Gasteiger partial charge in [0.15, 0.2) is 6.10 Å². The monoisotopic (exact) mass is 462 g/mol. The van der Waals surface area contributed by atoms with Gasteiger partial charge in [0.2, 0.25) is 5.91 Å². The van der Waals surface area contributed by atoms with Gasteiger partial charge in [0.1, 0.15) is 17.8 Å². The molecule has 1 spiro atoms. The Morgan fingerprint density at radius 3 is 2.71 bits per heavy atom. The topological polar surface area (TPSA) is 108 Å². The van der Waals surface area contributed by atoms with Crippen molar-refractivity contribution >= 4 is 29.4 Å². The predicted molar refractivity (Wildman–Crippen MR) is 123 cm³/mol. The Hall–Kier alpha value is -3.88. The number of imide groups is 1. The van der Waals surface area contributed by atoms with Gasteiger partial charge in [-0.15, -0.1) is 0 Å². The van der Waals surface area contributed by atoms with E-state index in [-0.39, 0.29) is 12.5 Å². The lowest BCUT2D eigenvalue weighted by atomic mass is 9.84. The van der Waals surface area contributed by atoms with Crippen molar-refractivity contribution in [3.8, 4) is 5.75 Å². The predicted octanol–water partition coefficient (Wildman–Crippen LogP) is 1.70. The normalized spacial score (nSPS) is 23.5. The van der Waals surface area contributed by atoms with E-state index >= 15 is 0 Å². The van der Waals surface area contributed by atoms with Gasteiger partial charge in [0, 0.05) is 7.05 Å². The van der Waals surface area contributed by atoms with E-state index in [1.54, 1.807) is 24.3 Å². The maximum Gasteiger partial charge on any atom is 0.325 e. The molecule has 2 aromatic rings. The first-order valence-electron chi connectivity index (χ1n) is 11.4. The van der Waals surface area contributed by atoms with Crippen molar-refractivity contribution < 1.29 is 23.9 Å². The number of para-hydroxylation sites is 2. The largest absolute Gasteiger partial charge is 0.477 e. The summed E-state index contributed by atoms with van der Waals surface area (Å²) in [5, 5.41) is 5.44. The molecule has 2 heterocycles. The van der Waals surface area contributed by atoms with Gasteiger partial charge in [-0.2, -0.15) is 0 Å². The number of rotatable bonds is 3. The summed E-state index contributed by atoms with van der Waals surface area (Å²) in [6, 6.07) is 14.0. The highest BCUT2D eigenvalue weighted by molar-refractivity contribution is 6.11. The summed E-state index contributed by atoms with van der Waals surface area (Å²) in [5.41, 5.74) is 1.18. The number of carbonyl (C=O) groups excluding carboxylic acids is 4. The van der Waals surface area contributed by atoms with E-state index in [9.17, 15) is 19.2 Å². The van der Waals surface area contributed by atoms with Gasteiger partial charge in [0.05, 0.1) is 12.2 Å². The molecule has 176 valence electrons. The van der Waals surface area contributed by atoms with E-state index in [0.29, 0.717) is 17.9 Å². The standard InChI is InChI=1S/C25H26N4O5/c1-26-22(31)20-14-28(18-11-4-5-12-19(18)34-20)21(30)15-29-23(32)25(27-24(29)33)13-7-6-9-16-8-2-3-10-17(16)25/h2-5,8,10-12,20H,6-7,9,13-15H2,1H3,(H,26,31)(H,27,33)/t20-,25-/m1/s1. The Kier molecular flexibility index (Phi) is 5.47. The second kappa shape index (κ2) is 8.48. The molecule has 0 unspecified atom stereocenters. The highest BCUT2D eigenvalue weighted by atomic mass is 16.5. The summed E-state index contributed by atoms with van der Waals surface area (Å²) in [5.74, 6) is -0.852. The van der Waals surface area contributed by atoms with Crippen LogP contribution >= 0.6 is 0 Å². The number of anilines is 1. The summed E-state index contributed by atoms with van der Waals surface area (Å²) in [4.78, 5) is 54.7. The minimum absolute atomic E-state index is 0.0207. The summed E-state index contributed by atoms with van der Waals surface area (Å²) >= 11 is 0. The molecule has 1 fully saturated rings. The zero-order valence-electron chi connectivity index (χ0n) is 18.9. The number of amides is 5. The fourth-order valence-corrected chi connectivity index (χ4v) is 5.11. The van der Waals surface area contributed by atoms with E-state index in [1.807, 2.05) is 24.3 Å². The molecule has 2 N–H and O–H groups in total. The van der Waals surface area contributed by atoms with Crippen LogP contribution < -0.4 is 20.3 Å². The molecule has 1 aliphatic carbocycles. The third-order valence-corrected chi connectivity index (χ3v) is 6.81. The molecule has 2 atom stereocenters. The molecule has 0 bridgehead atoms. The first-order valence-corrected chi connectivity index (χ1v) is 11.4. The highest BCUT2D eigenvalue weighted by Crippen LogP contribution is 2.39. The molecule has 5 amide bonds. The smallest absolute Gasteiger partial charge is 0.325 e. The fraction of sp³-hybridized carbons (Fsp3) is 0.360. The number of ether oxygens (including phenoxy) is 1. The third-order valence-electron chi connectivity index (χ3n) is 6.81. The molecular formula is C25H26N4O5. The van der Waals surface area contributed by atoms with Gasteiger partial charge in [-0.3, -0.25) is 19.3 Å². The molecule has 2 aromatic carbocycles. The van der Waals surface area contributed by atoms with Gasteiger partial charge < -0.3 is 20.3 Å². The van der Waals surface area contributed by atoms with E-state index in [0.717, 1.165) is 35.3 Å². The first kappa shape index (κ1) is 21.9. The minimum atomic E-state index is -1.15. The Balaban J connectivity index is 1.43. The van der Waals surface area contributed by atoms with Crippen LogP contribution in [0.3, 0.4) is 0 Å². The SMILES string of the molecule is CNC(=O)[C@H]1CN(C(=O)CN2C(=O)N[C@@]3(CCCCc4ccccc43)C2=O)c2ccccc2O1. The fourth-order valence-electron chi connectivity index (χ4n) is 5.11. The van der Waals surface area contributed by atoms with Crippen molar-refractivity contribution in [2.75, 3.05) is 25.0 Å². The van der Waals surface area contributed by atoms with Crippen molar-refractivity contribution in [2.24, 2.45) is 0 Å². The number of urea groups is 1. The lowest BCUT2D eigenvalue weighted by Gasteiger charge is -2.34. The quantitative estimate of drug-likeness (QED) is 0.675. The first-order chi connectivity index (χ1) is 16.4. The van der Waals surface area contributed by atoms with Crippen LogP contribution in [0.5, 0.6) is 5.75 Å². The maximum atomic E-state index is 13.7. The van der Waals surface area contributed by atoms with E-state index in [1.165, 1.54) is 11.9 Å². The molecule has 1 saturated heterocycles. The molecule has 0 saturated carbocycles. The number of fused-ring (bicyclic) bond motifs is 3. The molecule has 3 aliphatic rings. The minimum Gasteiger partial charge on any atom is -0.477 e. The lowest BCUT2D eigenvalue weighted by molar-refractivity contribution is -0.135. The van der Waals surface area contributed by atoms with Crippen LogP contribution in [0.15, 0.2) is 48.5 Å². The lowest BCUT2D eigenvalue weighted by Crippen LogP contribution is -2.53. The van der Waals surface area contributed by atoms with Crippen molar-refractivity contribution in [1.82, 2.24) is 15.5 Å². The summed E-state index contributed by atoms with van der Waals surface area (Å²) in [6.45, 7) is -0.448. The number of aryl methyl sites for hydroxylation is 1. The van der Waals surface area contributed by atoms with Crippen LogP contribution in [0.25, 0.3) is 0 Å². The van der Waals surface area contributed by atoms with Crippen LogP contribution in [0.4, 0.5) is 10.5 Å². The maximum absolute atomic E-state index is 13.7. The zero-order valence-corrected chi connectivity index (χ0v) is 18.9. The van der Waals surface area contributed by atoms with Crippen molar-refractivity contribution in [2.45, 2.75) is 37.3 Å². The van der Waals surface area contributed by atoms with Crippen molar-refractivity contribution in [1.29, 1.82) is 0 Å². The molecule has 5 rings (SSSR count). The Bertz CT molecular complexity index is 1180. The number of nitrogens with one attached hydrogen (secondary N) is 2. The summed E-state index contributed by atoms with van der Waals surface area (Å²) < 4.78 is 5.75. The van der Waals surface area contributed by atoms with E-state index in [4.69, 9.17) is 4.74 Å². The van der Waals surface area contributed by atoms with Gasteiger partial charge in [-0.1, -0.05) is 36.4 Å². The summed E-state index contributed by atoms with van der Waals surface area (Å²) in [7, 11) is 1.50. The molecule has 9 nitrogen and oxygen atoms in total. The average molecular weight is 463 g/mol. The molecule has 9 heteroatoms. The Morgan fingerprint density at radius 1 is 1.12 bits per heavy atom. The molecule has 34 heavy (non-hydrogen) atoms. The van der Waals surface area contributed by atoms with Crippen LogP contribution in [0.2, 0.25) is 0 Å². The van der Waals surface area contributed by atoms with E-state index in [2.05, 4.69) is 10.6 Å². The van der Waals surface area contributed by atoms with Crippen molar-refractivity contribution in [3.63, 3.8) is 0 Å². The molecule has 2 aliphatic heterocycles. The Morgan fingerprint density at radius 2 is 1.88 bits per heavy atom. The number of hydrogen-bond acceptors (Lipinski definition) is 5. The third kappa shape index (κ3) is 3.48. The molecular weight excluding hydrogens is 436 g/mol. The number of likely N-dealkylation sites (N-methyl/N-ethyl adjacent to an activating group) is 1. The number of nitrogens with zero attached hydrogens (tertiary/aromatic N) is 2. The number of hydrogen-bond donors (Lipinski definition) is 2. The van der Waals surface area contributed by atoms with Gasteiger partial charge >= 0.3 is 6.03 Å². The van der Waals surface area contributed by atoms with E-state index < -0.39 is 36.0 Å².